The van der Waals surface area contributed by atoms with E-state index in [-0.39, 0.29) is 28.9 Å². The lowest BCUT2D eigenvalue weighted by molar-refractivity contribution is -0.132. The van der Waals surface area contributed by atoms with Gasteiger partial charge in [-0.05, 0) is 29.8 Å². The van der Waals surface area contributed by atoms with Crippen molar-refractivity contribution < 1.29 is 9.57 Å². The summed E-state index contributed by atoms with van der Waals surface area (Å²) in [6.45, 7) is 0.885. The maximum atomic E-state index is 5.96. The summed E-state index contributed by atoms with van der Waals surface area (Å²) in [5.74, 6) is 1.06. The van der Waals surface area contributed by atoms with E-state index in [0.717, 1.165) is 11.3 Å². The summed E-state index contributed by atoms with van der Waals surface area (Å²) in [6, 6.07) is 16.8. The van der Waals surface area contributed by atoms with Crippen LogP contribution in [0.5, 0.6) is 5.75 Å². The first-order chi connectivity index (χ1) is 12.6. The van der Waals surface area contributed by atoms with E-state index in [1.165, 1.54) is 5.06 Å². The molecule has 4 N–H and O–H groups in total. The minimum absolute atomic E-state index is 0. The Hall–Kier alpha value is -2.29. The topological polar surface area (TPSA) is 98.5 Å². The largest absolute Gasteiger partial charge is 0.494 e. The van der Waals surface area contributed by atoms with Gasteiger partial charge in [-0.25, -0.2) is 4.99 Å². The van der Waals surface area contributed by atoms with Gasteiger partial charge >= 0.3 is 0 Å². The van der Waals surface area contributed by atoms with Gasteiger partial charge in [0, 0.05) is 11.4 Å². The van der Waals surface area contributed by atoms with Crippen molar-refractivity contribution in [2.75, 3.05) is 13.2 Å². The zero-order valence-electron chi connectivity index (χ0n) is 14.5. The molecule has 0 saturated carbocycles. The Labute approximate surface area is 173 Å². The fourth-order valence-corrected chi connectivity index (χ4v) is 2.54. The van der Waals surface area contributed by atoms with Crippen LogP contribution >= 0.6 is 28.6 Å². The van der Waals surface area contributed by atoms with Gasteiger partial charge < -0.3 is 16.2 Å². The van der Waals surface area contributed by atoms with E-state index in [0.29, 0.717) is 24.7 Å². The van der Waals surface area contributed by atoms with Gasteiger partial charge in [0.2, 0.25) is 11.9 Å². The van der Waals surface area contributed by atoms with Crippen LogP contribution in [0.2, 0.25) is 5.02 Å². The standard InChI is InChI=1S/C18H20ClN5O2.BrH/c19-14-7-9-15(10-8-14)25-11-4-12-26-24-16(13-5-2-1-3-6-13)22-17(20)23-18(24)21;/h1-3,5-10,16H,4,11-12H2,(H4,20,21,22,23);1H. The summed E-state index contributed by atoms with van der Waals surface area (Å²) in [6.07, 6.45) is 0.193. The van der Waals surface area contributed by atoms with Crippen LogP contribution in [0, 0.1) is 0 Å². The predicted molar refractivity (Wildman–Crippen MR) is 112 cm³/mol. The van der Waals surface area contributed by atoms with E-state index in [1.807, 2.05) is 42.5 Å². The fraction of sp³-hybridized carbons (Fsp3) is 0.222. The van der Waals surface area contributed by atoms with Crippen LogP contribution in [0.1, 0.15) is 18.2 Å². The molecule has 0 fully saturated rings. The molecule has 27 heavy (non-hydrogen) atoms. The SMILES string of the molecule is Br.NC1=NC(c2ccccc2)N(OCCCOc2ccc(Cl)cc2)C(N)=N1. The molecule has 2 aromatic rings. The van der Waals surface area contributed by atoms with Crippen molar-refractivity contribution in [3.05, 3.63) is 65.2 Å². The van der Waals surface area contributed by atoms with Crippen molar-refractivity contribution in [3.8, 4) is 5.75 Å². The van der Waals surface area contributed by atoms with Gasteiger partial charge in [-0.2, -0.15) is 10.1 Å². The van der Waals surface area contributed by atoms with Crippen LogP contribution in [0.15, 0.2) is 64.6 Å². The molecule has 1 aliphatic heterocycles. The van der Waals surface area contributed by atoms with Crippen molar-refractivity contribution >= 4 is 40.5 Å². The maximum Gasteiger partial charge on any atom is 0.226 e. The first kappa shape index (κ1) is 21.0. The Morgan fingerprint density at radius 3 is 2.41 bits per heavy atom. The number of ether oxygens (including phenoxy) is 1. The third-order valence-corrected chi connectivity index (χ3v) is 3.88. The summed E-state index contributed by atoms with van der Waals surface area (Å²) in [7, 11) is 0. The van der Waals surface area contributed by atoms with E-state index in [9.17, 15) is 0 Å². The molecule has 3 rings (SSSR count). The number of benzene rings is 2. The summed E-state index contributed by atoms with van der Waals surface area (Å²) < 4.78 is 5.64. The lowest BCUT2D eigenvalue weighted by Crippen LogP contribution is -2.44. The number of hydrogen-bond donors (Lipinski definition) is 2. The van der Waals surface area contributed by atoms with Gasteiger partial charge in [0.1, 0.15) is 5.75 Å². The second-order valence-corrected chi connectivity index (χ2v) is 5.99. The molecule has 7 nitrogen and oxygen atoms in total. The third kappa shape index (κ3) is 5.85. The number of nitrogens with zero attached hydrogens (tertiary/aromatic N) is 3. The highest BCUT2D eigenvalue weighted by Crippen LogP contribution is 2.24. The van der Waals surface area contributed by atoms with Gasteiger partial charge in [0.15, 0.2) is 6.17 Å². The first-order valence-electron chi connectivity index (χ1n) is 8.16. The molecule has 0 aliphatic carbocycles. The molecule has 144 valence electrons. The number of guanidine groups is 2. The second kappa shape index (κ2) is 10.1. The molecule has 1 aliphatic rings. The smallest absolute Gasteiger partial charge is 0.226 e. The minimum Gasteiger partial charge on any atom is -0.494 e. The van der Waals surface area contributed by atoms with Crippen molar-refractivity contribution in [3.63, 3.8) is 0 Å². The zero-order chi connectivity index (χ0) is 18.4. The van der Waals surface area contributed by atoms with Gasteiger partial charge in [-0.3, -0.25) is 4.84 Å². The highest BCUT2D eigenvalue weighted by Gasteiger charge is 2.26. The average molecular weight is 455 g/mol. The van der Waals surface area contributed by atoms with Crippen LogP contribution in [0.25, 0.3) is 0 Å². The van der Waals surface area contributed by atoms with Crippen LogP contribution in [-0.2, 0) is 4.84 Å². The molecule has 0 bridgehead atoms. The molecule has 9 heteroatoms. The Morgan fingerprint density at radius 1 is 1.00 bits per heavy atom. The summed E-state index contributed by atoms with van der Waals surface area (Å²) in [5, 5.41) is 2.14. The molecule has 0 aromatic heterocycles. The van der Waals surface area contributed by atoms with Gasteiger partial charge in [0.25, 0.3) is 0 Å². The van der Waals surface area contributed by atoms with E-state index in [2.05, 4.69) is 9.98 Å². The normalized spacial score (nSPS) is 16.2. The van der Waals surface area contributed by atoms with Crippen LogP contribution in [0.3, 0.4) is 0 Å². The monoisotopic (exact) mass is 453 g/mol. The second-order valence-electron chi connectivity index (χ2n) is 5.56. The average Bonchev–Trinajstić information content (AvgIpc) is 2.65. The molecule has 1 heterocycles. The Morgan fingerprint density at radius 2 is 1.70 bits per heavy atom. The number of hydrogen-bond acceptors (Lipinski definition) is 7. The molecule has 2 aromatic carbocycles. The zero-order valence-corrected chi connectivity index (χ0v) is 17.0. The molecule has 0 saturated heterocycles. The Bertz CT molecular complexity index is 786. The number of rotatable bonds is 7. The van der Waals surface area contributed by atoms with Gasteiger partial charge in [-0.15, -0.1) is 17.0 Å². The van der Waals surface area contributed by atoms with Gasteiger partial charge in [0.05, 0.1) is 13.2 Å². The van der Waals surface area contributed by atoms with Crippen molar-refractivity contribution in [1.29, 1.82) is 0 Å². The van der Waals surface area contributed by atoms with E-state index in [4.69, 9.17) is 32.6 Å². The van der Waals surface area contributed by atoms with Crippen molar-refractivity contribution in [2.24, 2.45) is 21.5 Å². The minimum atomic E-state index is -0.467. The molecule has 1 unspecified atom stereocenters. The number of hydroxylamine groups is 2. The number of halogens is 2. The number of nitrogens with two attached hydrogens (primary N) is 2. The third-order valence-electron chi connectivity index (χ3n) is 3.63. The Balaban J connectivity index is 0.00000261. The van der Waals surface area contributed by atoms with Crippen LogP contribution < -0.4 is 16.2 Å². The number of aliphatic imine (C=N–C) groups is 2. The van der Waals surface area contributed by atoms with Gasteiger partial charge in [-0.1, -0.05) is 41.9 Å². The molecule has 1 atom stereocenters. The fourth-order valence-electron chi connectivity index (χ4n) is 2.41. The molecule has 0 amide bonds. The molecule has 0 radical (unpaired) electrons. The Kier molecular flexibility index (Phi) is 7.90. The maximum absolute atomic E-state index is 5.96. The predicted octanol–water partition coefficient (Wildman–Crippen LogP) is 3.26. The summed E-state index contributed by atoms with van der Waals surface area (Å²) >= 11 is 5.85. The van der Waals surface area contributed by atoms with Crippen LogP contribution in [0.4, 0.5) is 0 Å². The quantitative estimate of drug-likeness (QED) is 0.626. The van der Waals surface area contributed by atoms with Crippen molar-refractivity contribution in [2.45, 2.75) is 12.6 Å². The summed E-state index contributed by atoms with van der Waals surface area (Å²) in [4.78, 5) is 14.1. The lowest BCUT2D eigenvalue weighted by atomic mass is 10.2. The lowest BCUT2D eigenvalue weighted by Gasteiger charge is -2.31. The summed E-state index contributed by atoms with van der Waals surface area (Å²) in [5.41, 5.74) is 12.6. The first-order valence-corrected chi connectivity index (χ1v) is 8.54. The highest BCUT2D eigenvalue weighted by atomic mass is 79.9. The molecular weight excluding hydrogens is 434 g/mol. The van der Waals surface area contributed by atoms with E-state index >= 15 is 0 Å². The highest BCUT2D eigenvalue weighted by molar-refractivity contribution is 8.93. The van der Waals surface area contributed by atoms with E-state index in [1.54, 1.807) is 12.1 Å². The molecule has 0 spiro atoms. The van der Waals surface area contributed by atoms with E-state index < -0.39 is 6.17 Å². The van der Waals surface area contributed by atoms with Crippen LogP contribution in [-0.4, -0.2) is 30.2 Å². The van der Waals surface area contributed by atoms with Crippen molar-refractivity contribution in [1.82, 2.24) is 5.06 Å². The molecular formula is C18H21BrClN5O2.